The summed E-state index contributed by atoms with van der Waals surface area (Å²) in [5, 5.41) is 22.8. The summed E-state index contributed by atoms with van der Waals surface area (Å²) in [5.41, 5.74) is 5.43. The molecule has 2 heterocycles. The molecule has 0 radical (unpaired) electrons. The molecule has 1 unspecified atom stereocenters. The molecule has 4 rings (SSSR count). The van der Waals surface area contributed by atoms with Crippen LogP contribution in [-0.4, -0.2) is 61.1 Å². The number of carboxylic acid groups (broad SMARTS) is 1. The van der Waals surface area contributed by atoms with Gasteiger partial charge in [0.15, 0.2) is 11.2 Å². The Labute approximate surface area is 218 Å². The van der Waals surface area contributed by atoms with Crippen molar-refractivity contribution in [3.63, 3.8) is 0 Å². The van der Waals surface area contributed by atoms with Crippen molar-refractivity contribution in [1.29, 1.82) is 0 Å². The van der Waals surface area contributed by atoms with Gasteiger partial charge in [-0.2, -0.15) is 15.1 Å². The minimum Gasteiger partial charge on any atom is -0.480 e. The Kier molecular flexibility index (Phi) is 7.89. The molecule has 0 amide bonds. The highest BCUT2D eigenvalue weighted by atomic mass is 31.2. The summed E-state index contributed by atoms with van der Waals surface area (Å²) in [6.45, 7) is 3.09. The van der Waals surface area contributed by atoms with Gasteiger partial charge >= 0.3 is 13.7 Å². The number of nitrogens with two attached hydrogens (primary N) is 1. The number of ether oxygens (including phenoxy) is 1. The van der Waals surface area contributed by atoms with Crippen LogP contribution in [0.1, 0.15) is 32.7 Å². The number of carboxylic acids is 1. The van der Waals surface area contributed by atoms with Gasteiger partial charge in [0, 0.05) is 6.04 Å². The van der Waals surface area contributed by atoms with E-state index in [1.807, 2.05) is 6.92 Å². The van der Waals surface area contributed by atoms with Gasteiger partial charge in [-0.25, -0.2) is 9.55 Å². The van der Waals surface area contributed by atoms with Crippen LogP contribution < -0.4 is 20.1 Å². The van der Waals surface area contributed by atoms with Crippen LogP contribution in [0.3, 0.4) is 0 Å². The number of para-hydroxylation sites is 1. The Hall–Kier alpha value is -3.69. The Morgan fingerprint density at radius 3 is 2.79 bits per heavy atom. The van der Waals surface area contributed by atoms with Crippen molar-refractivity contribution in [1.82, 2.24) is 24.6 Å². The van der Waals surface area contributed by atoms with Crippen molar-refractivity contribution in [2.24, 2.45) is 5.41 Å². The maximum Gasteiger partial charge on any atom is 0.459 e. The van der Waals surface area contributed by atoms with Gasteiger partial charge in [-0.1, -0.05) is 24.1 Å². The average Bonchev–Trinajstić information content (AvgIpc) is 3.44. The van der Waals surface area contributed by atoms with E-state index in [1.54, 1.807) is 41.2 Å². The van der Waals surface area contributed by atoms with Gasteiger partial charge < -0.3 is 29.8 Å². The smallest absolute Gasteiger partial charge is 0.459 e. The number of hydrogen-bond acceptors (Lipinski definition) is 10. The molecule has 1 aliphatic rings. The van der Waals surface area contributed by atoms with Crippen LogP contribution >= 0.6 is 7.75 Å². The molecule has 5 atom stereocenters. The van der Waals surface area contributed by atoms with Gasteiger partial charge in [-0.05, 0) is 38.8 Å². The number of terminal acetylenes is 1. The third-order valence-corrected chi connectivity index (χ3v) is 7.91. The second kappa shape index (κ2) is 11.0. The Balaban J connectivity index is 1.59. The van der Waals surface area contributed by atoms with E-state index in [-0.39, 0.29) is 43.1 Å². The molecule has 3 aromatic rings. The van der Waals surface area contributed by atoms with Crippen molar-refractivity contribution < 1.29 is 33.4 Å². The molecule has 5 N–H and O–H groups in total. The summed E-state index contributed by atoms with van der Waals surface area (Å²) < 4.78 is 32.1. The van der Waals surface area contributed by atoms with E-state index in [9.17, 15) is 19.6 Å². The number of anilines is 1. The number of nitrogen functional groups attached to an aromatic ring is 1. The Morgan fingerprint density at radius 2 is 2.13 bits per heavy atom. The molecule has 14 heteroatoms. The highest BCUT2D eigenvalue weighted by Crippen LogP contribution is 2.51. The van der Waals surface area contributed by atoms with E-state index in [0.29, 0.717) is 17.8 Å². The zero-order chi connectivity index (χ0) is 27.5. The number of benzene rings is 1. The third-order valence-electron chi connectivity index (χ3n) is 6.28. The van der Waals surface area contributed by atoms with Crippen LogP contribution in [0, 0.1) is 17.8 Å². The Bertz CT molecular complexity index is 1390. The number of hydrogen-bond donors (Lipinski definition) is 4. The molecule has 1 aromatic carbocycles. The van der Waals surface area contributed by atoms with Crippen molar-refractivity contribution in [3.8, 4) is 24.0 Å². The molecule has 1 saturated carbocycles. The Morgan fingerprint density at radius 1 is 1.39 bits per heavy atom. The first-order valence-corrected chi connectivity index (χ1v) is 13.4. The normalized spacial score (nSPS) is 23.4. The second-order valence-corrected chi connectivity index (χ2v) is 10.6. The van der Waals surface area contributed by atoms with E-state index in [1.165, 1.54) is 6.92 Å². The predicted molar refractivity (Wildman–Crippen MR) is 137 cm³/mol. The highest BCUT2D eigenvalue weighted by molar-refractivity contribution is 7.52. The van der Waals surface area contributed by atoms with E-state index in [0.717, 1.165) is 0 Å². The maximum atomic E-state index is 13.6. The molecule has 1 fully saturated rings. The number of fused-ring (bicyclic) bond motifs is 1. The van der Waals surface area contributed by atoms with Crippen LogP contribution in [0.4, 0.5) is 5.95 Å². The van der Waals surface area contributed by atoms with Crippen LogP contribution in [-0.2, 0) is 13.9 Å². The average molecular weight is 545 g/mol. The zero-order valence-electron chi connectivity index (χ0n) is 20.9. The van der Waals surface area contributed by atoms with Gasteiger partial charge in [0.25, 0.3) is 0 Å². The van der Waals surface area contributed by atoms with Crippen molar-refractivity contribution in [2.45, 2.75) is 44.9 Å². The zero-order valence-corrected chi connectivity index (χ0v) is 21.7. The first-order valence-electron chi connectivity index (χ1n) is 11.9. The van der Waals surface area contributed by atoms with E-state index in [2.05, 4.69) is 26.0 Å². The summed E-state index contributed by atoms with van der Waals surface area (Å²) in [7, 11) is -4.24. The second-order valence-electron chi connectivity index (χ2n) is 8.92. The SMILES string of the molecule is C#C[C@@]1(CO[P@@](=O)(NC(C)C(=O)O)Oc2ccccc2)C[C@H](n2cnc3c(OCC)nc(N)nc32)C[C@H]1O. The fourth-order valence-electron chi connectivity index (χ4n) is 4.30. The van der Waals surface area contributed by atoms with Crippen LogP contribution in [0.15, 0.2) is 36.7 Å². The number of imidazole rings is 1. The lowest BCUT2D eigenvalue weighted by atomic mass is 9.86. The van der Waals surface area contributed by atoms with Crippen molar-refractivity contribution >= 4 is 30.8 Å². The van der Waals surface area contributed by atoms with Gasteiger partial charge in [0.05, 0.1) is 31.1 Å². The van der Waals surface area contributed by atoms with Crippen LogP contribution in [0.25, 0.3) is 11.2 Å². The largest absolute Gasteiger partial charge is 0.480 e. The number of nitrogens with zero attached hydrogens (tertiary/aromatic N) is 4. The molecule has 13 nitrogen and oxygen atoms in total. The first kappa shape index (κ1) is 27.3. The van der Waals surface area contributed by atoms with Gasteiger partial charge in [-0.15, -0.1) is 6.42 Å². The number of aliphatic hydroxyl groups excluding tert-OH is 1. The summed E-state index contributed by atoms with van der Waals surface area (Å²) >= 11 is 0. The molecule has 0 bridgehead atoms. The summed E-state index contributed by atoms with van der Waals surface area (Å²) in [6.07, 6.45) is 6.81. The summed E-state index contributed by atoms with van der Waals surface area (Å²) in [5.74, 6) is 1.81. The predicted octanol–water partition coefficient (Wildman–Crippen LogP) is 2.39. The fraction of sp³-hybridized carbons (Fsp3) is 0.417. The van der Waals surface area contributed by atoms with E-state index >= 15 is 0 Å². The number of aliphatic carboxylic acids is 1. The molecule has 1 aliphatic carbocycles. The van der Waals surface area contributed by atoms with E-state index in [4.69, 9.17) is 25.9 Å². The van der Waals surface area contributed by atoms with Crippen molar-refractivity contribution in [3.05, 3.63) is 36.7 Å². The lowest BCUT2D eigenvalue weighted by molar-refractivity contribution is -0.138. The quantitative estimate of drug-likeness (QED) is 0.204. The van der Waals surface area contributed by atoms with Gasteiger partial charge in [-0.3, -0.25) is 9.32 Å². The minimum atomic E-state index is -4.24. The number of carbonyl (C=O) groups is 1. The summed E-state index contributed by atoms with van der Waals surface area (Å²) in [6, 6.07) is 6.55. The molecular formula is C24H29N6O7P. The molecular weight excluding hydrogens is 515 g/mol. The van der Waals surface area contributed by atoms with Gasteiger partial charge in [0.1, 0.15) is 11.8 Å². The standard InChI is InChI=1S/C24H29N6O7P/c1-4-24(13-36-38(34,29-15(3)22(32)33)37-17-9-7-6-8-10-17)12-16(11-18(24)31)30-14-26-19-20(30)27-23(25)28-21(19)35-5-2/h1,6-10,14-16,18,31H,5,11-13H2,2-3H3,(H,29,34)(H,32,33)(H2,25,27,28)/t15?,16-,18-,24+,38+/m1/s1. The first-order chi connectivity index (χ1) is 18.1. The van der Waals surface area contributed by atoms with E-state index < -0.39 is 31.3 Å². The van der Waals surface area contributed by atoms with Crippen LogP contribution in [0.5, 0.6) is 11.6 Å². The monoisotopic (exact) mass is 544 g/mol. The number of aliphatic hydroxyl groups is 1. The number of aromatic nitrogens is 4. The van der Waals surface area contributed by atoms with Gasteiger partial charge in [0.2, 0.25) is 11.8 Å². The molecule has 0 saturated heterocycles. The van der Waals surface area contributed by atoms with Crippen LogP contribution in [0.2, 0.25) is 0 Å². The maximum absolute atomic E-state index is 13.6. The minimum absolute atomic E-state index is 0.00501. The molecule has 0 aliphatic heterocycles. The topological polar surface area (TPSA) is 184 Å². The third kappa shape index (κ3) is 5.58. The highest BCUT2D eigenvalue weighted by Gasteiger charge is 2.49. The molecule has 38 heavy (non-hydrogen) atoms. The van der Waals surface area contributed by atoms with Crippen molar-refractivity contribution in [2.75, 3.05) is 18.9 Å². The lowest BCUT2D eigenvalue weighted by Gasteiger charge is -2.29. The number of nitrogens with one attached hydrogen (secondary N) is 1. The lowest BCUT2D eigenvalue weighted by Crippen LogP contribution is -2.37. The molecule has 0 spiro atoms. The summed E-state index contributed by atoms with van der Waals surface area (Å²) in [4.78, 5) is 24.2. The number of rotatable bonds is 11. The molecule has 202 valence electrons. The fourth-order valence-corrected chi connectivity index (χ4v) is 5.87. The molecule has 2 aromatic heterocycles.